The summed E-state index contributed by atoms with van der Waals surface area (Å²) in [5.41, 5.74) is 7.91. The molecule has 0 saturated carbocycles. The Labute approximate surface area is 153 Å². The second-order valence-corrected chi connectivity index (χ2v) is 5.10. The van der Waals surface area contributed by atoms with E-state index in [0.29, 0.717) is 35.9 Å². The Kier molecular flexibility index (Phi) is 8.04. The molecule has 0 aromatic heterocycles. The molecule has 0 radical (unpaired) electrons. The molecule has 0 aliphatic heterocycles. The van der Waals surface area contributed by atoms with Crippen molar-refractivity contribution in [3.63, 3.8) is 0 Å². The lowest BCUT2D eigenvalue weighted by atomic mass is 10.1. The van der Waals surface area contributed by atoms with Gasteiger partial charge in [-0.15, -0.1) is 12.4 Å². The topological polar surface area (TPSA) is 82.8 Å². The summed E-state index contributed by atoms with van der Waals surface area (Å²) < 4.78 is 15.9. The molecule has 0 aliphatic rings. The molecule has 25 heavy (non-hydrogen) atoms. The fraction of sp³-hybridized carbons (Fsp3) is 0.278. The van der Waals surface area contributed by atoms with E-state index in [2.05, 4.69) is 5.32 Å². The van der Waals surface area contributed by atoms with Crippen LogP contribution in [0.5, 0.6) is 17.2 Å². The summed E-state index contributed by atoms with van der Waals surface area (Å²) in [6.45, 7) is 0.756. The fourth-order valence-corrected chi connectivity index (χ4v) is 2.30. The number of hydrogen-bond donors (Lipinski definition) is 2. The summed E-state index contributed by atoms with van der Waals surface area (Å²) in [6, 6.07) is 10.7. The van der Waals surface area contributed by atoms with Crippen molar-refractivity contribution in [1.82, 2.24) is 5.32 Å². The third-order valence-electron chi connectivity index (χ3n) is 3.68. The molecule has 136 valence electrons. The molecule has 0 aliphatic carbocycles. The first kappa shape index (κ1) is 20.6. The standard InChI is InChI=1S/C18H22N2O4.ClH/c1-22-15-9-17(24-3)16(23-2)8-14(15)11-20-18(21)13-6-4-12(10-19)5-7-13;/h4-9H,10-11,19H2,1-3H3,(H,20,21);1H. The third-order valence-corrected chi connectivity index (χ3v) is 3.68. The number of hydrogen-bond acceptors (Lipinski definition) is 5. The van der Waals surface area contributed by atoms with Crippen LogP contribution in [0.1, 0.15) is 21.5 Å². The molecule has 2 aromatic rings. The average Bonchev–Trinajstić information content (AvgIpc) is 2.65. The minimum Gasteiger partial charge on any atom is -0.496 e. The van der Waals surface area contributed by atoms with Crippen LogP contribution in [0.3, 0.4) is 0 Å². The van der Waals surface area contributed by atoms with Gasteiger partial charge in [0.1, 0.15) is 5.75 Å². The van der Waals surface area contributed by atoms with Crippen LogP contribution in [0.25, 0.3) is 0 Å². The zero-order valence-electron chi connectivity index (χ0n) is 14.5. The highest BCUT2D eigenvalue weighted by Crippen LogP contribution is 2.34. The van der Waals surface area contributed by atoms with Crippen LogP contribution < -0.4 is 25.3 Å². The molecule has 0 heterocycles. The molecule has 0 spiro atoms. The highest BCUT2D eigenvalue weighted by molar-refractivity contribution is 5.94. The van der Waals surface area contributed by atoms with Crippen molar-refractivity contribution < 1.29 is 19.0 Å². The highest BCUT2D eigenvalue weighted by Gasteiger charge is 2.13. The van der Waals surface area contributed by atoms with Crippen molar-refractivity contribution in [2.24, 2.45) is 5.73 Å². The first-order valence-electron chi connectivity index (χ1n) is 7.49. The molecule has 0 saturated heterocycles. The predicted octanol–water partition coefficient (Wildman–Crippen LogP) is 2.52. The number of carbonyl (C=O) groups is 1. The van der Waals surface area contributed by atoms with Gasteiger partial charge in [0.15, 0.2) is 11.5 Å². The Morgan fingerprint density at radius 1 is 0.960 bits per heavy atom. The number of methoxy groups -OCH3 is 3. The quantitative estimate of drug-likeness (QED) is 0.786. The molecular weight excluding hydrogens is 344 g/mol. The Balaban J connectivity index is 0.00000312. The maximum atomic E-state index is 12.3. The summed E-state index contributed by atoms with van der Waals surface area (Å²) in [6.07, 6.45) is 0. The van der Waals surface area contributed by atoms with Crippen LogP contribution in [0.2, 0.25) is 0 Å². The first-order chi connectivity index (χ1) is 11.6. The number of carbonyl (C=O) groups excluding carboxylic acids is 1. The van der Waals surface area contributed by atoms with Gasteiger partial charge in [-0.25, -0.2) is 0 Å². The van der Waals surface area contributed by atoms with Crippen LogP contribution in [-0.4, -0.2) is 27.2 Å². The number of rotatable bonds is 7. The number of benzene rings is 2. The van der Waals surface area contributed by atoms with Crippen LogP contribution in [-0.2, 0) is 13.1 Å². The summed E-state index contributed by atoms with van der Waals surface area (Å²) >= 11 is 0. The smallest absolute Gasteiger partial charge is 0.251 e. The lowest BCUT2D eigenvalue weighted by Gasteiger charge is -2.14. The molecule has 0 unspecified atom stereocenters. The van der Waals surface area contributed by atoms with Crippen molar-refractivity contribution in [2.45, 2.75) is 13.1 Å². The molecular formula is C18H23ClN2O4. The third kappa shape index (κ3) is 5.01. The van der Waals surface area contributed by atoms with Gasteiger partial charge in [-0.2, -0.15) is 0 Å². The van der Waals surface area contributed by atoms with Gasteiger partial charge in [0, 0.05) is 30.3 Å². The van der Waals surface area contributed by atoms with Crippen molar-refractivity contribution in [2.75, 3.05) is 21.3 Å². The van der Waals surface area contributed by atoms with E-state index >= 15 is 0 Å². The summed E-state index contributed by atoms with van der Waals surface area (Å²) in [5, 5.41) is 2.87. The molecule has 7 heteroatoms. The minimum atomic E-state index is -0.171. The van der Waals surface area contributed by atoms with Gasteiger partial charge >= 0.3 is 0 Å². The molecule has 1 amide bonds. The molecule has 6 nitrogen and oxygen atoms in total. The summed E-state index contributed by atoms with van der Waals surface area (Å²) in [5.74, 6) is 1.60. The first-order valence-corrected chi connectivity index (χ1v) is 7.49. The van der Waals surface area contributed by atoms with Crippen LogP contribution in [0, 0.1) is 0 Å². The van der Waals surface area contributed by atoms with E-state index in [9.17, 15) is 4.79 Å². The van der Waals surface area contributed by atoms with Gasteiger partial charge in [-0.1, -0.05) is 12.1 Å². The summed E-state index contributed by atoms with van der Waals surface area (Å²) in [4.78, 5) is 12.3. The van der Waals surface area contributed by atoms with Crippen LogP contribution in [0.15, 0.2) is 36.4 Å². The Hall–Kier alpha value is -2.44. The number of halogens is 1. The lowest BCUT2D eigenvalue weighted by molar-refractivity contribution is 0.0950. The fourth-order valence-electron chi connectivity index (χ4n) is 2.30. The molecule has 2 rings (SSSR count). The predicted molar refractivity (Wildman–Crippen MR) is 98.8 cm³/mol. The zero-order valence-corrected chi connectivity index (χ0v) is 15.3. The van der Waals surface area contributed by atoms with Crippen LogP contribution in [0.4, 0.5) is 0 Å². The lowest BCUT2D eigenvalue weighted by Crippen LogP contribution is -2.23. The van der Waals surface area contributed by atoms with E-state index in [4.69, 9.17) is 19.9 Å². The van der Waals surface area contributed by atoms with E-state index in [1.54, 1.807) is 45.6 Å². The van der Waals surface area contributed by atoms with Gasteiger partial charge in [-0.05, 0) is 23.8 Å². The second kappa shape index (κ2) is 9.76. The van der Waals surface area contributed by atoms with Crippen molar-refractivity contribution in [3.05, 3.63) is 53.1 Å². The Morgan fingerprint density at radius 3 is 2.04 bits per heavy atom. The van der Waals surface area contributed by atoms with Gasteiger partial charge in [0.2, 0.25) is 0 Å². The van der Waals surface area contributed by atoms with Crippen molar-refractivity contribution in [3.8, 4) is 17.2 Å². The minimum absolute atomic E-state index is 0. The molecule has 0 atom stereocenters. The van der Waals surface area contributed by atoms with Gasteiger partial charge in [0.05, 0.1) is 21.3 Å². The molecule has 0 bridgehead atoms. The Morgan fingerprint density at radius 2 is 1.52 bits per heavy atom. The summed E-state index contributed by atoms with van der Waals surface area (Å²) in [7, 11) is 4.69. The van der Waals surface area contributed by atoms with E-state index in [1.165, 1.54) is 0 Å². The number of nitrogens with two attached hydrogens (primary N) is 1. The van der Waals surface area contributed by atoms with Gasteiger partial charge in [-0.3, -0.25) is 4.79 Å². The van der Waals surface area contributed by atoms with E-state index in [-0.39, 0.29) is 18.3 Å². The second-order valence-electron chi connectivity index (χ2n) is 5.10. The maximum absolute atomic E-state index is 12.3. The average molecular weight is 367 g/mol. The number of amides is 1. The largest absolute Gasteiger partial charge is 0.496 e. The molecule has 3 N–H and O–H groups in total. The van der Waals surface area contributed by atoms with Crippen molar-refractivity contribution >= 4 is 18.3 Å². The molecule has 2 aromatic carbocycles. The van der Waals surface area contributed by atoms with Gasteiger partial charge in [0.25, 0.3) is 5.91 Å². The van der Waals surface area contributed by atoms with E-state index in [0.717, 1.165) is 11.1 Å². The van der Waals surface area contributed by atoms with Crippen molar-refractivity contribution in [1.29, 1.82) is 0 Å². The number of nitrogens with one attached hydrogen (secondary N) is 1. The molecule has 0 fully saturated rings. The van der Waals surface area contributed by atoms with Crippen LogP contribution >= 0.6 is 12.4 Å². The van der Waals surface area contributed by atoms with E-state index < -0.39 is 0 Å². The monoisotopic (exact) mass is 366 g/mol. The van der Waals surface area contributed by atoms with E-state index in [1.807, 2.05) is 12.1 Å². The SMILES string of the molecule is COc1cc(OC)c(OC)cc1CNC(=O)c1ccc(CN)cc1.Cl. The maximum Gasteiger partial charge on any atom is 0.251 e. The normalized spacial score (nSPS) is 9.76. The number of ether oxygens (including phenoxy) is 3. The zero-order chi connectivity index (χ0) is 17.5. The highest BCUT2D eigenvalue weighted by atomic mass is 35.5. The Bertz CT molecular complexity index is 705. The van der Waals surface area contributed by atoms with Gasteiger partial charge < -0.3 is 25.3 Å².